The normalized spacial score (nSPS) is 13.6. The van der Waals surface area contributed by atoms with Crippen LogP contribution in [0.5, 0.6) is 0 Å². The number of nitro benzene ring substituents is 2. The average Bonchev–Trinajstić information content (AvgIpc) is 2.74. The summed E-state index contributed by atoms with van der Waals surface area (Å²) in [5, 5.41) is 22.3. The minimum absolute atomic E-state index is 0.194. The van der Waals surface area contributed by atoms with Gasteiger partial charge in [0.1, 0.15) is 5.82 Å². The zero-order valence-electron chi connectivity index (χ0n) is 15.6. The Balaban J connectivity index is 1.59. The monoisotopic (exact) mass is 408 g/mol. The fraction of sp³-hybridized carbons (Fsp3) is 0.211. The first-order valence-electron chi connectivity index (χ1n) is 9.09. The topological polar surface area (TPSA) is 148 Å². The molecule has 152 valence electrons. The second-order valence-corrected chi connectivity index (χ2v) is 6.86. The third-order valence-corrected chi connectivity index (χ3v) is 4.97. The van der Waals surface area contributed by atoms with Crippen LogP contribution in [0.2, 0.25) is 0 Å². The Bertz CT molecular complexity index is 1190. The molecule has 11 nitrogen and oxygen atoms in total. The van der Waals surface area contributed by atoms with E-state index in [1.807, 2.05) is 4.90 Å². The highest BCUT2D eigenvalue weighted by molar-refractivity contribution is 5.54. The van der Waals surface area contributed by atoms with E-state index in [0.29, 0.717) is 35.6 Å². The molecule has 0 fully saturated rings. The van der Waals surface area contributed by atoms with Crippen molar-refractivity contribution in [3.05, 3.63) is 90.1 Å². The van der Waals surface area contributed by atoms with Crippen LogP contribution in [0, 0.1) is 20.2 Å². The number of nitro groups is 2. The number of nitrogens with one attached hydrogen (secondary N) is 1. The molecular weight excluding hydrogens is 392 g/mol. The van der Waals surface area contributed by atoms with Crippen molar-refractivity contribution < 1.29 is 9.85 Å². The van der Waals surface area contributed by atoms with Gasteiger partial charge in [-0.25, -0.2) is 4.98 Å². The fourth-order valence-corrected chi connectivity index (χ4v) is 3.47. The average molecular weight is 408 g/mol. The van der Waals surface area contributed by atoms with Crippen molar-refractivity contribution in [2.24, 2.45) is 0 Å². The van der Waals surface area contributed by atoms with Crippen molar-refractivity contribution in [3.8, 4) is 11.4 Å². The van der Waals surface area contributed by atoms with Crippen molar-refractivity contribution in [1.82, 2.24) is 19.9 Å². The molecule has 4 rings (SSSR count). The summed E-state index contributed by atoms with van der Waals surface area (Å²) in [5.74, 6) is 0.473. The van der Waals surface area contributed by atoms with Gasteiger partial charge in [-0.2, -0.15) is 0 Å². The Morgan fingerprint density at radius 1 is 1.10 bits per heavy atom. The first-order valence-corrected chi connectivity index (χ1v) is 9.09. The van der Waals surface area contributed by atoms with E-state index in [9.17, 15) is 25.0 Å². The Morgan fingerprint density at radius 3 is 2.57 bits per heavy atom. The standard InChI is InChI=1S/C19H16N6O5/c26-19-15-11-23(10-13-1-2-14(24(27)28)9-17(13)25(29)30)8-5-16(15)21-18(22-19)12-3-6-20-7-4-12/h1-4,6-7,9H,5,8,10-11H2,(H,21,22,26). The maximum atomic E-state index is 12.6. The van der Waals surface area contributed by atoms with Gasteiger partial charge < -0.3 is 4.98 Å². The molecule has 0 aliphatic carbocycles. The van der Waals surface area contributed by atoms with Crippen molar-refractivity contribution in [3.63, 3.8) is 0 Å². The van der Waals surface area contributed by atoms with E-state index in [0.717, 1.165) is 11.6 Å². The molecule has 3 heterocycles. The molecule has 0 saturated carbocycles. The Hall–Kier alpha value is -3.99. The maximum absolute atomic E-state index is 12.6. The summed E-state index contributed by atoms with van der Waals surface area (Å²) in [4.78, 5) is 46.8. The molecule has 30 heavy (non-hydrogen) atoms. The smallest absolute Gasteiger partial charge is 0.280 e. The number of H-pyrrole nitrogens is 1. The zero-order valence-corrected chi connectivity index (χ0v) is 15.6. The lowest BCUT2D eigenvalue weighted by Gasteiger charge is -2.27. The van der Waals surface area contributed by atoms with Crippen LogP contribution in [-0.2, 0) is 19.5 Å². The van der Waals surface area contributed by atoms with Gasteiger partial charge in [-0.15, -0.1) is 0 Å². The zero-order chi connectivity index (χ0) is 21.3. The van der Waals surface area contributed by atoms with Gasteiger partial charge in [0.2, 0.25) is 0 Å². The van der Waals surface area contributed by atoms with Crippen molar-refractivity contribution >= 4 is 11.4 Å². The molecule has 0 unspecified atom stereocenters. The molecule has 0 radical (unpaired) electrons. The summed E-state index contributed by atoms with van der Waals surface area (Å²) in [6.07, 6.45) is 3.75. The third-order valence-electron chi connectivity index (χ3n) is 4.97. The van der Waals surface area contributed by atoms with E-state index < -0.39 is 9.85 Å². The van der Waals surface area contributed by atoms with Gasteiger partial charge in [-0.3, -0.25) is 34.9 Å². The first kappa shape index (κ1) is 19.3. The number of fused-ring (bicyclic) bond motifs is 1. The Kier molecular flexibility index (Phi) is 5.02. The number of aromatic amines is 1. The summed E-state index contributed by atoms with van der Waals surface area (Å²) in [6, 6.07) is 7.11. The minimum atomic E-state index is -0.667. The van der Waals surface area contributed by atoms with E-state index in [1.165, 1.54) is 12.1 Å². The number of pyridine rings is 1. The quantitative estimate of drug-likeness (QED) is 0.499. The molecule has 0 amide bonds. The van der Waals surface area contributed by atoms with Gasteiger partial charge in [0.15, 0.2) is 0 Å². The van der Waals surface area contributed by atoms with Gasteiger partial charge >= 0.3 is 0 Å². The van der Waals surface area contributed by atoms with Crippen LogP contribution < -0.4 is 5.56 Å². The third kappa shape index (κ3) is 3.78. The highest BCUT2D eigenvalue weighted by atomic mass is 16.6. The molecule has 2 aromatic heterocycles. The molecule has 1 aromatic carbocycles. The Labute approximate surface area is 169 Å². The molecule has 0 spiro atoms. The van der Waals surface area contributed by atoms with Gasteiger partial charge in [0.05, 0.1) is 27.2 Å². The molecule has 3 aromatic rings. The summed E-state index contributed by atoms with van der Waals surface area (Å²) in [5.41, 5.74) is 1.42. The Morgan fingerprint density at radius 2 is 1.87 bits per heavy atom. The maximum Gasteiger partial charge on any atom is 0.280 e. The lowest BCUT2D eigenvalue weighted by Crippen LogP contribution is -2.35. The molecule has 0 atom stereocenters. The molecule has 0 saturated heterocycles. The summed E-state index contributed by atoms with van der Waals surface area (Å²) >= 11 is 0. The van der Waals surface area contributed by atoms with Gasteiger partial charge in [-0.05, 0) is 18.2 Å². The highest BCUT2D eigenvalue weighted by Gasteiger charge is 2.25. The van der Waals surface area contributed by atoms with Crippen LogP contribution in [-0.4, -0.2) is 36.2 Å². The highest BCUT2D eigenvalue weighted by Crippen LogP contribution is 2.27. The van der Waals surface area contributed by atoms with Crippen LogP contribution in [0.15, 0.2) is 47.5 Å². The molecule has 11 heteroatoms. The van der Waals surface area contributed by atoms with E-state index in [2.05, 4.69) is 15.0 Å². The van der Waals surface area contributed by atoms with Crippen LogP contribution in [0.1, 0.15) is 16.8 Å². The SMILES string of the molecule is O=c1[nH]c(-c2ccncc2)nc2c1CN(Cc1ccc([N+](=O)[O-])cc1[N+](=O)[O-])CC2. The van der Waals surface area contributed by atoms with E-state index in [4.69, 9.17) is 0 Å². The molecule has 1 N–H and O–H groups in total. The lowest BCUT2D eigenvalue weighted by molar-refractivity contribution is -0.394. The predicted octanol–water partition coefficient (Wildman–Crippen LogP) is 2.21. The van der Waals surface area contributed by atoms with Crippen molar-refractivity contribution in [1.29, 1.82) is 0 Å². The number of hydrogen-bond acceptors (Lipinski definition) is 8. The first-order chi connectivity index (χ1) is 14.4. The van der Waals surface area contributed by atoms with Crippen molar-refractivity contribution in [2.75, 3.05) is 6.54 Å². The van der Waals surface area contributed by atoms with Crippen LogP contribution >= 0.6 is 0 Å². The molecule has 1 aliphatic rings. The molecular formula is C19H16N6O5. The number of non-ortho nitro benzene ring substituents is 1. The van der Waals surface area contributed by atoms with Gasteiger partial charge in [0.25, 0.3) is 16.9 Å². The number of aromatic nitrogens is 3. The van der Waals surface area contributed by atoms with E-state index >= 15 is 0 Å². The predicted molar refractivity (Wildman–Crippen MR) is 106 cm³/mol. The van der Waals surface area contributed by atoms with E-state index in [-0.39, 0.29) is 30.0 Å². The largest absolute Gasteiger partial charge is 0.306 e. The molecule has 0 bridgehead atoms. The van der Waals surface area contributed by atoms with Crippen LogP contribution in [0.4, 0.5) is 11.4 Å². The van der Waals surface area contributed by atoms with Gasteiger partial charge in [-0.1, -0.05) is 0 Å². The lowest BCUT2D eigenvalue weighted by atomic mass is 10.0. The number of hydrogen-bond donors (Lipinski definition) is 1. The van der Waals surface area contributed by atoms with Crippen LogP contribution in [0.25, 0.3) is 11.4 Å². The summed E-state index contributed by atoms with van der Waals surface area (Å²) < 4.78 is 0. The number of rotatable bonds is 5. The summed E-state index contributed by atoms with van der Waals surface area (Å²) in [6.45, 7) is 1.02. The minimum Gasteiger partial charge on any atom is -0.306 e. The van der Waals surface area contributed by atoms with E-state index in [1.54, 1.807) is 24.5 Å². The number of benzene rings is 1. The number of nitrogens with zero attached hydrogens (tertiary/aromatic N) is 5. The molecule has 1 aliphatic heterocycles. The van der Waals surface area contributed by atoms with Gasteiger partial charge in [0, 0.05) is 55.6 Å². The van der Waals surface area contributed by atoms with Crippen molar-refractivity contribution in [2.45, 2.75) is 19.5 Å². The van der Waals surface area contributed by atoms with Crippen LogP contribution in [0.3, 0.4) is 0 Å². The summed E-state index contributed by atoms with van der Waals surface area (Å²) in [7, 11) is 0. The fourth-order valence-electron chi connectivity index (χ4n) is 3.47. The second-order valence-electron chi connectivity index (χ2n) is 6.86. The second kappa shape index (κ2) is 7.79.